The van der Waals surface area contributed by atoms with Gasteiger partial charge >= 0.3 is 0 Å². The molecular weight excluding hydrogens is 212 g/mol. The molecule has 4 nitrogen and oxygen atoms in total. The smallest absolute Gasteiger partial charge is 0.165 e. The van der Waals surface area contributed by atoms with Gasteiger partial charge in [-0.15, -0.1) is 0 Å². The summed E-state index contributed by atoms with van der Waals surface area (Å²) >= 11 is 6.05. The zero-order valence-corrected chi connectivity index (χ0v) is 9.20. The first-order chi connectivity index (χ1) is 7.29. The van der Waals surface area contributed by atoms with E-state index in [0.29, 0.717) is 11.2 Å². The summed E-state index contributed by atoms with van der Waals surface area (Å²) in [5, 5.41) is 0.469. The summed E-state index contributed by atoms with van der Waals surface area (Å²) in [6, 6.07) is 0.575. The van der Waals surface area contributed by atoms with Crippen LogP contribution in [0.15, 0.2) is 6.33 Å². The van der Waals surface area contributed by atoms with Crippen LogP contribution in [-0.4, -0.2) is 19.5 Å². The average Bonchev–Trinajstić information content (AvgIpc) is 2.99. The van der Waals surface area contributed by atoms with Crippen LogP contribution in [0.1, 0.15) is 31.6 Å². The maximum absolute atomic E-state index is 6.05. The third-order valence-electron chi connectivity index (χ3n) is 2.68. The Morgan fingerprint density at radius 2 is 2.27 bits per heavy atom. The Bertz CT molecular complexity index is 515. The van der Waals surface area contributed by atoms with Crippen LogP contribution in [0.4, 0.5) is 0 Å². The average molecular weight is 223 g/mol. The van der Waals surface area contributed by atoms with Gasteiger partial charge in [0.1, 0.15) is 11.3 Å². The highest BCUT2D eigenvalue weighted by molar-refractivity contribution is 6.33. The van der Waals surface area contributed by atoms with E-state index in [0.717, 1.165) is 23.4 Å². The lowest BCUT2D eigenvalue weighted by Crippen LogP contribution is -1.98. The fourth-order valence-corrected chi connectivity index (χ4v) is 1.93. The zero-order valence-electron chi connectivity index (χ0n) is 8.44. The number of halogens is 1. The lowest BCUT2D eigenvalue weighted by atomic mass is 10.4. The maximum atomic E-state index is 6.05. The molecule has 0 radical (unpaired) electrons. The Morgan fingerprint density at radius 3 is 2.93 bits per heavy atom. The van der Waals surface area contributed by atoms with Crippen molar-refractivity contribution in [2.24, 2.45) is 0 Å². The van der Waals surface area contributed by atoms with E-state index in [4.69, 9.17) is 11.6 Å². The third kappa shape index (κ3) is 1.40. The lowest BCUT2D eigenvalue weighted by molar-refractivity contribution is 0.752. The van der Waals surface area contributed by atoms with Crippen LogP contribution >= 0.6 is 11.6 Å². The van der Waals surface area contributed by atoms with Gasteiger partial charge in [-0.1, -0.05) is 18.5 Å². The summed E-state index contributed by atoms with van der Waals surface area (Å²) in [7, 11) is 0. The Labute approximate surface area is 92.3 Å². The highest BCUT2D eigenvalue weighted by atomic mass is 35.5. The molecule has 78 valence electrons. The Balaban J connectivity index is 2.26. The molecule has 2 aromatic heterocycles. The summed E-state index contributed by atoms with van der Waals surface area (Å²) < 4.78 is 2.11. The van der Waals surface area contributed by atoms with E-state index in [1.807, 2.05) is 13.3 Å². The predicted molar refractivity (Wildman–Crippen MR) is 58.0 cm³/mol. The summed E-state index contributed by atoms with van der Waals surface area (Å²) in [4.78, 5) is 12.9. The maximum Gasteiger partial charge on any atom is 0.165 e. The second kappa shape index (κ2) is 3.17. The Kier molecular flexibility index (Phi) is 1.92. The minimum absolute atomic E-state index is 0.469. The number of aromatic nitrogens is 4. The van der Waals surface area contributed by atoms with E-state index in [9.17, 15) is 0 Å². The molecule has 15 heavy (non-hydrogen) atoms. The molecule has 1 aliphatic rings. The minimum Gasteiger partial charge on any atom is -0.312 e. The Hall–Kier alpha value is -1.16. The van der Waals surface area contributed by atoms with Crippen molar-refractivity contribution >= 4 is 22.8 Å². The van der Waals surface area contributed by atoms with Gasteiger partial charge in [0, 0.05) is 12.5 Å². The molecule has 0 spiro atoms. The molecule has 0 atom stereocenters. The van der Waals surface area contributed by atoms with Crippen molar-refractivity contribution < 1.29 is 0 Å². The van der Waals surface area contributed by atoms with Crippen LogP contribution in [-0.2, 0) is 6.42 Å². The topological polar surface area (TPSA) is 43.6 Å². The number of fused-ring (bicyclic) bond motifs is 1. The number of aryl methyl sites for hydroxylation is 1. The molecule has 0 bridgehead atoms. The van der Waals surface area contributed by atoms with Gasteiger partial charge in [-0.3, -0.25) is 0 Å². The van der Waals surface area contributed by atoms with E-state index in [2.05, 4.69) is 19.5 Å². The van der Waals surface area contributed by atoms with Crippen LogP contribution in [0.3, 0.4) is 0 Å². The van der Waals surface area contributed by atoms with Crippen LogP contribution in [0.2, 0.25) is 5.15 Å². The normalized spacial score (nSPS) is 16.1. The van der Waals surface area contributed by atoms with Crippen LogP contribution < -0.4 is 0 Å². The third-order valence-corrected chi connectivity index (χ3v) is 2.95. The van der Waals surface area contributed by atoms with E-state index < -0.39 is 0 Å². The molecule has 2 aromatic rings. The van der Waals surface area contributed by atoms with Gasteiger partial charge in [0.15, 0.2) is 10.8 Å². The number of imidazole rings is 1. The van der Waals surface area contributed by atoms with Crippen molar-refractivity contribution in [3.05, 3.63) is 17.3 Å². The molecule has 0 aliphatic heterocycles. The van der Waals surface area contributed by atoms with Crippen molar-refractivity contribution in [1.29, 1.82) is 0 Å². The standard InChI is InChI=1S/C10H11ClN4/c1-2-7-13-9(11)8-10(14-7)15(5-12-8)6-3-4-6/h5-6H,2-4H2,1H3. The molecule has 0 unspecified atom stereocenters. The second-order valence-corrected chi connectivity index (χ2v) is 4.20. The largest absolute Gasteiger partial charge is 0.312 e. The summed E-state index contributed by atoms with van der Waals surface area (Å²) in [5.41, 5.74) is 1.61. The molecule has 2 heterocycles. The van der Waals surface area contributed by atoms with Gasteiger partial charge in [0.05, 0.1) is 6.33 Å². The molecule has 1 aliphatic carbocycles. The van der Waals surface area contributed by atoms with E-state index in [1.165, 1.54) is 12.8 Å². The summed E-state index contributed by atoms with van der Waals surface area (Å²) in [6.07, 6.45) is 5.05. The molecule has 1 saturated carbocycles. The SMILES string of the molecule is CCc1nc(Cl)c2ncn(C3CC3)c2n1. The fraction of sp³-hybridized carbons (Fsp3) is 0.500. The quantitative estimate of drug-likeness (QED) is 0.733. The predicted octanol–water partition coefficient (Wildman–Crippen LogP) is 2.38. The van der Waals surface area contributed by atoms with Gasteiger partial charge in [-0.25, -0.2) is 15.0 Å². The molecular formula is C10H11ClN4. The van der Waals surface area contributed by atoms with Gasteiger partial charge in [-0.2, -0.15) is 0 Å². The van der Waals surface area contributed by atoms with Crippen LogP contribution in [0, 0.1) is 0 Å². The van der Waals surface area contributed by atoms with Gasteiger partial charge in [0.25, 0.3) is 0 Å². The van der Waals surface area contributed by atoms with Crippen molar-refractivity contribution in [2.45, 2.75) is 32.2 Å². The van der Waals surface area contributed by atoms with Crippen LogP contribution in [0.5, 0.6) is 0 Å². The zero-order chi connectivity index (χ0) is 10.4. The van der Waals surface area contributed by atoms with Crippen molar-refractivity contribution in [3.8, 4) is 0 Å². The van der Waals surface area contributed by atoms with Gasteiger partial charge in [-0.05, 0) is 12.8 Å². The molecule has 0 N–H and O–H groups in total. The lowest BCUT2D eigenvalue weighted by Gasteiger charge is -2.01. The first-order valence-electron chi connectivity index (χ1n) is 5.18. The first kappa shape index (κ1) is 9.09. The fourth-order valence-electron chi connectivity index (χ4n) is 1.70. The first-order valence-corrected chi connectivity index (χ1v) is 5.56. The number of hydrogen-bond acceptors (Lipinski definition) is 3. The molecule has 1 fully saturated rings. The minimum atomic E-state index is 0.469. The van der Waals surface area contributed by atoms with Crippen molar-refractivity contribution in [3.63, 3.8) is 0 Å². The number of rotatable bonds is 2. The van der Waals surface area contributed by atoms with Crippen LogP contribution in [0.25, 0.3) is 11.2 Å². The Morgan fingerprint density at radius 1 is 1.47 bits per heavy atom. The summed E-state index contributed by atoms with van der Waals surface area (Å²) in [6.45, 7) is 2.02. The van der Waals surface area contributed by atoms with E-state index in [-0.39, 0.29) is 0 Å². The molecule has 0 saturated heterocycles. The number of nitrogens with zero attached hydrogens (tertiary/aromatic N) is 4. The van der Waals surface area contributed by atoms with Gasteiger partial charge in [0.2, 0.25) is 0 Å². The number of hydrogen-bond donors (Lipinski definition) is 0. The summed E-state index contributed by atoms with van der Waals surface area (Å²) in [5.74, 6) is 0.787. The molecule has 0 amide bonds. The second-order valence-electron chi connectivity index (χ2n) is 3.84. The molecule has 3 rings (SSSR count). The highest BCUT2D eigenvalue weighted by Crippen LogP contribution is 2.37. The molecule has 0 aromatic carbocycles. The van der Waals surface area contributed by atoms with E-state index >= 15 is 0 Å². The monoisotopic (exact) mass is 222 g/mol. The highest BCUT2D eigenvalue weighted by Gasteiger charge is 2.26. The van der Waals surface area contributed by atoms with E-state index in [1.54, 1.807) is 0 Å². The molecule has 5 heteroatoms. The van der Waals surface area contributed by atoms with Gasteiger partial charge < -0.3 is 4.57 Å². The van der Waals surface area contributed by atoms with Crippen molar-refractivity contribution in [1.82, 2.24) is 19.5 Å². The van der Waals surface area contributed by atoms with Crippen molar-refractivity contribution in [2.75, 3.05) is 0 Å².